The number of amides is 1. The Kier molecular flexibility index (Phi) is 3.64. The Morgan fingerprint density at radius 1 is 1.42 bits per heavy atom. The second kappa shape index (κ2) is 5.53. The molecule has 9 heteroatoms. The Hall–Kier alpha value is -3.07. The molecule has 2 aromatic heterocycles. The number of hydrogen-bond acceptors (Lipinski definition) is 6. The van der Waals surface area contributed by atoms with Crippen LogP contribution in [-0.4, -0.2) is 45.2 Å². The van der Waals surface area contributed by atoms with Crippen LogP contribution in [0.15, 0.2) is 21.5 Å². The van der Waals surface area contributed by atoms with Crippen molar-refractivity contribution in [3.05, 3.63) is 39.6 Å². The van der Waals surface area contributed by atoms with Crippen LogP contribution in [0.4, 0.5) is 0 Å². The van der Waals surface area contributed by atoms with Gasteiger partial charge in [0.15, 0.2) is 0 Å². The molecule has 0 aliphatic carbocycles. The van der Waals surface area contributed by atoms with E-state index in [2.05, 4.69) is 10.1 Å². The molecule has 1 aromatic carbocycles. The number of imidazole rings is 1. The number of nitrogens with one attached hydrogen (secondary N) is 1. The summed E-state index contributed by atoms with van der Waals surface area (Å²) in [4.78, 5) is 31.7. The third-order valence-corrected chi connectivity index (χ3v) is 3.87. The fourth-order valence-electron chi connectivity index (χ4n) is 2.68. The number of nitrogens with zero attached hydrogens (tertiary/aromatic N) is 3. The van der Waals surface area contributed by atoms with Gasteiger partial charge in [-0.3, -0.25) is 9.63 Å². The summed E-state index contributed by atoms with van der Waals surface area (Å²) in [6.07, 6.45) is 0. The van der Waals surface area contributed by atoms with E-state index >= 15 is 0 Å². The molecule has 0 fully saturated rings. The highest BCUT2D eigenvalue weighted by Crippen LogP contribution is 2.31. The summed E-state index contributed by atoms with van der Waals surface area (Å²) in [5, 5.41) is 14.8. The monoisotopic (exact) mass is 332 g/mol. The number of aromatic amines is 1. The molecule has 1 amide bonds. The lowest BCUT2D eigenvalue weighted by Gasteiger charge is -2.15. The first-order valence-electron chi connectivity index (χ1n) is 7.08. The molecule has 2 N–H and O–H groups in total. The number of carbonyl (C=O) groups excluding carboxylic acids is 1. The van der Waals surface area contributed by atoms with Crippen molar-refractivity contribution in [1.29, 1.82) is 0 Å². The van der Waals surface area contributed by atoms with Crippen LogP contribution in [0.2, 0.25) is 0 Å². The van der Waals surface area contributed by atoms with Gasteiger partial charge in [0.2, 0.25) is 0 Å². The third kappa shape index (κ3) is 2.26. The molecule has 0 spiro atoms. The topological polar surface area (TPSA) is 114 Å². The van der Waals surface area contributed by atoms with Gasteiger partial charge in [-0.15, -0.1) is 4.73 Å². The predicted octanol–water partition coefficient (Wildman–Crippen LogP) is 1.47. The number of hydroxylamine groups is 2. The second-order valence-electron chi connectivity index (χ2n) is 5.35. The predicted molar refractivity (Wildman–Crippen MR) is 83.8 cm³/mol. The van der Waals surface area contributed by atoms with Crippen molar-refractivity contribution in [2.75, 3.05) is 14.2 Å². The molecule has 0 aliphatic rings. The average Bonchev–Trinajstić information content (AvgIpc) is 3.04. The Labute approximate surface area is 135 Å². The van der Waals surface area contributed by atoms with Crippen LogP contribution in [0.25, 0.3) is 22.2 Å². The molecule has 9 nitrogen and oxygen atoms in total. The summed E-state index contributed by atoms with van der Waals surface area (Å²) in [5.41, 5.74) is 1.75. The minimum atomic E-state index is -0.741. The summed E-state index contributed by atoms with van der Waals surface area (Å²) in [5.74, 6) is 0.0639. The molecule has 126 valence electrons. The largest absolute Gasteiger partial charge is 0.424 e. The van der Waals surface area contributed by atoms with Gasteiger partial charge in [0.1, 0.15) is 11.3 Å². The lowest BCUT2D eigenvalue weighted by molar-refractivity contribution is -0.0756. The molecule has 24 heavy (non-hydrogen) atoms. The van der Waals surface area contributed by atoms with Gasteiger partial charge >= 0.3 is 5.69 Å². The maximum absolute atomic E-state index is 12.6. The van der Waals surface area contributed by atoms with Crippen molar-refractivity contribution in [3.8, 4) is 11.1 Å². The first-order chi connectivity index (χ1) is 11.3. The van der Waals surface area contributed by atoms with Crippen LogP contribution in [0, 0.1) is 13.8 Å². The third-order valence-electron chi connectivity index (χ3n) is 3.87. The zero-order valence-corrected chi connectivity index (χ0v) is 13.6. The van der Waals surface area contributed by atoms with Gasteiger partial charge in [-0.1, -0.05) is 5.16 Å². The van der Waals surface area contributed by atoms with E-state index in [1.54, 1.807) is 26.0 Å². The van der Waals surface area contributed by atoms with Gasteiger partial charge in [-0.05, 0) is 31.5 Å². The van der Waals surface area contributed by atoms with Crippen molar-refractivity contribution >= 4 is 16.9 Å². The fraction of sp³-hybridized carbons (Fsp3) is 0.267. The molecule has 0 radical (unpaired) electrons. The van der Waals surface area contributed by atoms with E-state index in [0.717, 1.165) is 10.6 Å². The maximum Gasteiger partial charge on any atom is 0.359 e. The first kappa shape index (κ1) is 15.8. The number of fused-ring (bicyclic) bond motifs is 1. The highest BCUT2D eigenvalue weighted by molar-refractivity contribution is 6.06. The summed E-state index contributed by atoms with van der Waals surface area (Å²) in [6, 6.07) is 3.21. The Morgan fingerprint density at radius 3 is 2.71 bits per heavy atom. The Morgan fingerprint density at radius 2 is 2.12 bits per heavy atom. The fourth-order valence-corrected chi connectivity index (χ4v) is 2.68. The normalized spacial score (nSPS) is 11.2. The molecular formula is C15H16N4O5. The van der Waals surface area contributed by atoms with Crippen molar-refractivity contribution in [1.82, 2.24) is 19.9 Å². The molecule has 0 unspecified atom stereocenters. The van der Waals surface area contributed by atoms with Crippen molar-refractivity contribution in [2.45, 2.75) is 13.8 Å². The summed E-state index contributed by atoms with van der Waals surface area (Å²) >= 11 is 0. The maximum atomic E-state index is 12.6. The summed E-state index contributed by atoms with van der Waals surface area (Å²) < 4.78 is 5.57. The molecule has 0 aliphatic heterocycles. The SMILES string of the molecule is CON(C)C(=O)c1cc(-c2c(C)noc2C)cc2[nH]c(=O)n(O)c12. The van der Waals surface area contributed by atoms with Crippen LogP contribution >= 0.6 is 0 Å². The number of aryl methyl sites for hydroxylation is 2. The number of aromatic nitrogens is 3. The minimum absolute atomic E-state index is 0.0735. The average molecular weight is 332 g/mol. The van der Waals surface area contributed by atoms with Gasteiger partial charge < -0.3 is 14.7 Å². The second-order valence-corrected chi connectivity index (χ2v) is 5.35. The number of hydrogen-bond donors (Lipinski definition) is 2. The molecule has 0 saturated heterocycles. The zero-order valence-electron chi connectivity index (χ0n) is 13.6. The van der Waals surface area contributed by atoms with Crippen LogP contribution in [-0.2, 0) is 4.84 Å². The standard InChI is InChI=1S/C15H16N4O5/c1-7-12(8(2)24-17-7)9-5-10(14(20)18(3)23-4)13-11(6-9)16-15(21)19(13)22/h5-6,22H,1-4H3,(H,16,21). The van der Waals surface area contributed by atoms with Crippen LogP contribution < -0.4 is 5.69 Å². The van der Waals surface area contributed by atoms with Gasteiger partial charge in [-0.25, -0.2) is 9.86 Å². The van der Waals surface area contributed by atoms with E-state index in [1.807, 2.05) is 0 Å². The first-order valence-corrected chi connectivity index (χ1v) is 7.08. The van der Waals surface area contributed by atoms with Crippen LogP contribution in [0.5, 0.6) is 0 Å². The molecule has 2 heterocycles. The van der Waals surface area contributed by atoms with Crippen molar-refractivity contribution in [2.24, 2.45) is 0 Å². The number of carbonyl (C=O) groups is 1. The van der Waals surface area contributed by atoms with E-state index in [1.165, 1.54) is 14.2 Å². The van der Waals surface area contributed by atoms with E-state index in [0.29, 0.717) is 27.3 Å². The number of H-pyrrole nitrogens is 1. The molecule has 0 bridgehead atoms. The van der Waals surface area contributed by atoms with E-state index < -0.39 is 11.6 Å². The molecule has 0 atom stereocenters. The Bertz CT molecular complexity index is 978. The molecule has 0 saturated carbocycles. The zero-order chi connectivity index (χ0) is 17.6. The van der Waals surface area contributed by atoms with Crippen molar-refractivity contribution < 1.29 is 19.4 Å². The minimum Gasteiger partial charge on any atom is -0.424 e. The summed E-state index contributed by atoms with van der Waals surface area (Å²) in [6.45, 7) is 3.53. The van der Waals surface area contributed by atoms with Gasteiger partial charge in [-0.2, -0.15) is 0 Å². The smallest absolute Gasteiger partial charge is 0.359 e. The highest BCUT2D eigenvalue weighted by Gasteiger charge is 2.23. The van der Waals surface area contributed by atoms with Crippen LogP contribution in [0.1, 0.15) is 21.8 Å². The van der Waals surface area contributed by atoms with E-state index in [9.17, 15) is 14.8 Å². The quantitative estimate of drug-likeness (QED) is 0.554. The van der Waals surface area contributed by atoms with Gasteiger partial charge in [0, 0.05) is 12.6 Å². The lowest BCUT2D eigenvalue weighted by atomic mass is 10.00. The Balaban J connectivity index is 2.36. The number of benzene rings is 1. The summed E-state index contributed by atoms with van der Waals surface area (Å²) in [7, 11) is 2.78. The van der Waals surface area contributed by atoms with E-state index in [4.69, 9.17) is 9.36 Å². The van der Waals surface area contributed by atoms with Crippen molar-refractivity contribution in [3.63, 3.8) is 0 Å². The molecule has 3 aromatic rings. The molecule has 3 rings (SSSR count). The van der Waals surface area contributed by atoms with Gasteiger partial charge in [0.05, 0.1) is 23.9 Å². The van der Waals surface area contributed by atoms with Crippen LogP contribution in [0.3, 0.4) is 0 Å². The van der Waals surface area contributed by atoms with Gasteiger partial charge in [0.25, 0.3) is 5.91 Å². The highest BCUT2D eigenvalue weighted by atomic mass is 16.7. The van der Waals surface area contributed by atoms with E-state index in [-0.39, 0.29) is 11.1 Å². The molecular weight excluding hydrogens is 316 g/mol. The number of rotatable bonds is 3. The lowest BCUT2D eigenvalue weighted by Crippen LogP contribution is -2.26.